The third-order valence-corrected chi connectivity index (χ3v) is 3.33. The lowest BCUT2D eigenvalue weighted by Crippen LogP contribution is -2.18. The van der Waals surface area contributed by atoms with Gasteiger partial charge in [-0.25, -0.2) is 13.6 Å². The summed E-state index contributed by atoms with van der Waals surface area (Å²) < 4.78 is 21.9. The molecule has 0 spiro atoms. The molecule has 0 unspecified atom stereocenters. The maximum Gasteiger partial charge on any atom is 0.272 e. The Morgan fingerprint density at radius 3 is 2.38 bits per heavy atom. The largest absolute Gasteiger partial charge is 0.321 e. The molecule has 8 heteroatoms. The molecular weight excluding hydrogens is 294 g/mol. The van der Waals surface area contributed by atoms with Crippen LogP contribution < -0.4 is 16.0 Å². The first-order chi connectivity index (χ1) is 9.83. The number of pyridine rings is 1. The van der Waals surface area contributed by atoms with E-state index >= 15 is 0 Å². The number of hydrogen-bond donors (Lipinski definition) is 3. The van der Waals surface area contributed by atoms with E-state index in [1.165, 1.54) is 18.2 Å². The summed E-state index contributed by atoms with van der Waals surface area (Å²) in [6.07, 6.45) is 0. The average molecular weight is 307 g/mol. The first-order valence-corrected chi connectivity index (χ1v) is 7.65. The van der Waals surface area contributed by atoms with Gasteiger partial charge in [0.05, 0.1) is 5.75 Å². The molecule has 1 amide bonds. The fourth-order valence-corrected chi connectivity index (χ4v) is 2.35. The Hall–Kier alpha value is -2.45. The third kappa shape index (κ3) is 4.55. The van der Waals surface area contributed by atoms with Gasteiger partial charge in [-0.05, 0) is 23.8 Å². The highest BCUT2D eigenvalue weighted by Crippen LogP contribution is 2.12. The van der Waals surface area contributed by atoms with Crippen LogP contribution in [0.1, 0.15) is 16.1 Å². The Balaban J connectivity index is 2.10. The van der Waals surface area contributed by atoms with Crippen molar-refractivity contribution in [1.82, 2.24) is 4.98 Å². The molecule has 4 N–H and O–H groups in total. The quantitative estimate of drug-likeness (QED) is 0.757. The number of carbonyl (C=O) groups is 1. The number of aromatic amines is 1. The van der Waals surface area contributed by atoms with Crippen molar-refractivity contribution in [3.8, 4) is 0 Å². The van der Waals surface area contributed by atoms with Gasteiger partial charge in [-0.3, -0.25) is 9.59 Å². The molecule has 0 radical (unpaired) electrons. The molecule has 0 saturated heterocycles. The zero-order valence-corrected chi connectivity index (χ0v) is 11.7. The van der Waals surface area contributed by atoms with E-state index in [2.05, 4.69) is 10.3 Å². The zero-order valence-electron chi connectivity index (χ0n) is 10.9. The van der Waals surface area contributed by atoms with Crippen molar-refractivity contribution >= 4 is 21.6 Å². The smallest absolute Gasteiger partial charge is 0.272 e. The predicted molar refractivity (Wildman–Crippen MR) is 78.3 cm³/mol. The molecule has 1 aromatic heterocycles. The van der Waals surface area contributed by atoms with E-state index in [1.807, 2.05) is 0 Å². The molecule has 0 aliphatic rings. The van der Waals surface area contributed by atoms with Crippen molar-refractivity contribution in [3.05, 3.63) is 64.1 Å². The van der Waals surface area contributed by atoms with E-state index in [-0.39, 0.29) is 17.0 Å². The van der Waals surface area contributed by atoms with Crippen molar-refractivity contribution in [2.75, 3.05) is 5.32 Å². The molecule has 0 saturated carbocycles. The molecular formula is C13H13N3O4S. The summed E-state index contributed by atoms with van der Waals surface area (Å²) in [5, 5.41) is 7.53. The second-order valence-corrected chi connectivity index (χ2v) is 6.00. The van der Waals surface area contributed by atoms with Crippen LogP contribution in [0.25, 0.3) is 0 Å². The fraction of sp³-hybridized carbons (Fsp3) is 0.0769. The van der Waals surface area contributed by atoms with Crippen molar-refractivity contribution in [2.45, 2.75) is 5.75 Å². The molecule has 0 aliphatic heterocycles. The SMILES string of the molecule is NS(=O)(=O)Cc1ccc(NC(=O)c2cccc(=O)[nH]2)cc1. The minimum Gasteiger partial charge on any atom is -0.321 e. The summed E-state index contributed by atoms with van der Waals surface area (Å²) in [7, 11) is -3.59. The van der Waals surface area contributed by atoms with Crippen LogP contribution >= 0.6 is 0 Å². The van der Waals surface area contributed by atoms with Crippen LogP contribution in [0.4, 0.5) is 5.69 Å². The lowest BCUT2D eigenvalue weighted by atomic mass is 10.2. The van der Waals surface area contributed by atoms with Gasteiger partial charge in [0, 0.05) is 11.8 Å². The summed E-state index contributed by atoms with van der Waals surface area (Å²) in [5.74, 6) is -0.736. The van der Waals surface area contributed by atoms with Gasteiger partial charge in [0.1, 0.15) is 5.69 Å². The van der Waals surface area contributed by atoms with Crippen LogP contribution in [0.15, 0.2) is 47.3 Å². The number of primary sulfonamides is 1. The summed E-state index contributed by atoms with van der Waals surface area (Å²) in [5.41, 5.74) is 0.758. The Labute approximate surface area is 120 Å². The van der Waals surface area contributed by atoms with Gasteiger partial charge < -0.3 is 10.3 Å². The minimum atomic E-state index is -3.59. The molecule has 21 heavy (non-hydrogen) atoms. The first kappa shape index (κ1) is 14.9. The van der Waals surface area contributed by atoms with Gasteiger partial charge in [0.2, 0.25) is 15.6 Å². The molecule has 2 rings (SSSR count). The molecule has 0 atom stereocenters. The molecule has 1 heterocycles. The number of carbonyl (C=O) groups excluding carboxylic acids is 1. The monoisotopic (exact) mass is 307 g/mol. The van der Waals surface area contributed by atoms with Crippen LogP contribution in [-0.4, -0.2) is 19.3 Å². The van der Waals surface area contributed by atoms with Gasteiger partial charge in [0.25, 0.3) is 5.91 Å². The number of amides is 1. The van der Waals surface area contributed by atoms with Gasteiger partial charge >= 0.3 is 0 Å². The molecule has 1 aromatic carbocycles. The number of nitrogens with two attached hydrogens (primary N) is 1. The maximum absolute atomic E-state index is 11.9. The van der Waals surface area contributed by atoms with Gasteiger partial charge in [-0.2, -0.15) is 0 Å². The molecule has 0 fully saturated rings. The normalized spacial score (nSPS) is 11.1. The highest BCUT2D eigenvalue weighted by atomic mass is 32.2. The minimum absolute atomic E-state index is 0.135. The Morgan fingerprint density at radius 2 is 1.81 bits per heavy atom. The average Bonchev–Trinajstić information content (AvgIpc) is 2.39. The van der Waals surface area contributed by atoms with Crippen molar-refractivity contribution in [3.63, 3.8) is 0 Å². The Morgan fingerprint density at radius 1 is 1.14 bits per heavy atom. The van der Waals surface area contributed by atoms with Crippen molar-refractivity contribution < 1.29 is 13.2 Å². The van der Waals surface area contributed by atoms with Crippen LogP contribution in [0.5, 0.6) is 0 Å². The van der Waals surface area contributed by atoms with Gasteiger partial charge in [-0.1, -0.05) is 18.2 Å². The summed E-state index contributed by atoms with van der Waals surface area (Å²) in [6.45, 7) is 0. The number of rotatable bonds is 4. The highest BCUT2D eigenvalue weighted by Gasteiger charge is 2.08. The second kappa shape index (κ2) is 5.90. The van der Waals surface area contributed by atoms with E-state index in [1.54, 1.807) is 24.3 Å². The number of anilines is 1. The van der Waals surface area contributed by atoms with Crippen LogP contribution in [-0.2, 0) is 15.8 Å². The molecule has 110 valence electrons. The number of H-pyrrole nitrogens is 1. The predicted octanol–water partition coefficient (Wildman–Crippen LogP) is 0.416. The van der Waals surface area contributed by atoms with Gasteiger partial charge in [-0.15, -0.1) is 0 Å². The van der Waals surface area contributed by atoms with Crippen LogP contribution in [0.2, 0.25) is 0 Å². The maximum atomic E-state index is 11.9. The van der Waals surface area contributed by atoms with Gasteiger partial charge in [0.15, 0.2) is 0 Å². The standard InChI is InChI=1S/C13H13N3O4S/c14-21(19,20)8-9-4-6-10(7-5-9)15-13(18)11-2-1-3-12(17)16-11/h1-7H,8H2,(H,15,18)(H,16,17)(H2,14,19,20). The number of hydrogen-bond acceptors (Lipinski definition) is 4. The topological polar surface area (TPSA) is 122 Å². The van der Waals surface area contributed by atoms with Crippen molar-refractivity contribution in [1.29, 1.82) is 0 Å². The summed E-state index contributed by atoms with van der Waals surface area (Å²) in [4.78, 5) is 25.4. The number of sulfonamides is 1. The molecule has 0 aliphatic carbocycles. The number of benzene rings is 1. The first-order valence-electron chi connectivity index (χ1n) is 5.93. The lowest BCUT2D eigenvalue weighted by molar-refractivity contribution is 0.102. The molecule has 0 bridgehead atoms. The lowest BCUT2D eigenvalue weighted by Gasteiger charge is -2.06. The summed E-state index contributed by atoms with van der Waals surface area (Å²) >= 11 is 0. The Kier molecular flexibility index (Phi) is 4.20. The van der Waals surface area contributed by atoms with Crippen LogP contribution in [0.3, 0.4) is 0 Å². The highest BCUT2D eigenvalue weighted by molar-refractivity contribution is 7.88. The zero-order chi connectivity index (χ0) is 15.5. The molecule has 7 nitrogen and oxygen atoms in total. The Bertz CT molecular complexity index is 810. The number of nitrogens with one attached hydrogen (secondary N) is 2. The van der Waals surface area contributed by atoms with E-state index in [9.17, 15) is 18.0 Å². The number of aromatic nitrogens is 1. The fourth-order valence-electron chi connectivity index (χ4n) is 1.70. The van der Waals surface area contributed by atoms with Crippen LogP contribution in [0, 0.1) is 0 Å². The van der Waals surface area contributed by atoms with Crippen molar-refractivity contribution in [2.24, 2.45) is 5.14 Å². The third-order valence-electron chi connectivity index (χ3n) is 2.59. The van der Waals surface area contributed by atoms with E-state index in [4.69, 9.17) is 5.14 Å². The van der Waals surface area contributed by atoms with E-state index in [0.717, 1.165) is 0 Å². The van der Waals surface area contributed by atoms with E-state index in [0.29, 0.717) is 11.3 Å². The van der Waals surface area contributed by atoms with E-state index < -0.39 is 15.9 Å². The summed E-state index contributed by atoms with van der Waals surface area (Å²) in [6, 6.07) is 10.5. The second-order valence-electron chi connectivity index (χ2n) is 4.39. The molecule has 2 aromatic rings.